The summed E-state index contributed by atoms with van der Waals surface area (Å²) >= 11 is 0. The lowest BCUT2D eigenvalue weighted by Gasteiger charge is -2.40. The van der Waals surface area contributed by atoms with Crippen molar-refractivity contribution in [3.05, 3.63) is 59.0 Å². The summed E-state index contributed by atoms with van der Waals surface area (Å²) in [4.78, 5) is 29.4. The maximum atomic E-state index is 12.8. The Morgan fingerprint density at radius 1 is 1.10 bits per heavy atom. The van der Waals surface area contributed by atoms with Gasteiger partial charge in [-0.2, -0.15) is 0 Å². The third-order valence-electron chi connectivity index (χ3n) is 7.11. The molecule has 0 saturated carbocycles. The predicted molar refractivity (Wildman–Crippen MR) is 117 cm³/mol. The number of likely N-dealkylation sites (tertiary alicyclic amines) is 1. The third kappa shape index (κ3) is 3.66. The molecule has 1 aromatic heterocycles. The van der Waals surface area contributed by atoms with E-state index >= 15 is 0 Å². The van der Waals surface area contributed by atoms with Crippen LogP contribution in [0.1, 0.15) is 72.9 Å². The number of fused-ring (bicyclic) bond motifs is 2. The minimum absolute atomic E-state index is 0.0162. The Morgan fingerprint density at radius 2 is 1.80 bits per heavy atom. The van der Waals surface area contributed by atoms with Crippen LogP contribution in [-0.2, 0) is 10.2 Å². The van der Waals surface area contributed by atoms with Gasteiger partial charge in [-0.3, -0.25) is 9.59 Å². The first-order valence-corrected chi connectivity index (χ1v) is 11.2. The van der Waals surface area contributed by atoms with Crippen LogP contribution < -0.4 is 0 Å². The van der Waals surface area contributed by atoms with Gasteiger partial charge in [-0.05, 0) is 74.6 Å². The Morgan fingerprint density at radius 3 is 2.43 bits per heavy atom. The molecule has 1 aliphatic heterocycles. The molecule has 0 unspecified atom stereocenters. The molecule has 2 heterocycles. The van der Waals surface area contributed by atoms with E-state index in [9.17, 15) is 9.59 Å². The number of rotatable bonds is 5. The molecule has 4 rings (SSSR count). The standard InChI is InChI=1S/C25H32N2O3/c1-4-26(5-2)23(28)16-19-17-25(21-9-7-6-8-20(19)21)12-14-27(15-13-25)24(29)22-11-10-18(3)30-22/h6-11,19H,4-5,12-17H2,1-3H3/t19-/m0/s1. The van der Waals surface area contributed by atoms with Gasteiger partial charge in [0.15, 0.2) is 5.76 Å². The summed E-state index contributed by atoms with van der Waals surface area (Å²) < 4.78 is 5.54. The summed E-state index contributed by atoms with van der Waals surface area (Å²) in [6.07, 6.45) is 3.45. The average molecular weight is 409 g/mol. The Balaban J connectivity index is 1.50. The van der Waals surface area contributed by atoms with Crippen LogP contribution in [0.15, 0.2) is 40.8 Å². The first kappa shape index (κ1) is 20.7. The van der Waals surface area contributed by atoms with Gasteiger partial charge in [0.1, 0.15) is 5.76 Å². The van der Waals surface area contributed by atoms with Crippen LogP contribution in [0.25, 0.3) is 0 Å². The maximum absolute atomic E-state index is 12.8. The zero-order chi connectivity index (χ0) is 21.3. The summed E-state index contributed by atoms with van der Waals surface area (Å²) in [6.45, 7) is 8.91. The SMILES string of the molecule is CCN(CC)C(=O)C[C@H]1CC2(CCN(C(=O)c3ccc(C)o3)CC2)c2ccccc21. The summed E-state index contributed by atoms with van der Waals surface area (Å²) in [6, 6.07) is 12.2. The van der Waals surface area contributed by atoms with Gasteiger partial charge >= 0.3 is 0 Å². The van der Waals surface area contributed by atoms with Crippen LogP contribution in [0.3, 0.4) is 0 Å². The zero-order valence-corrected chi connectivity index (χ0v) is 18.3. The first-order valence-electron chi connectivity index (χ1n) is 11.2. The van der Waals surface area contributed by atoms with E-state index in [1.54, 1.807) is 6.07 Å². The number of carbonyl (C=O) groups excluding carboxylic acids is 2. The van der Waals surface area contributed by atoms with Crippen LogP contribution in [-0.4, -0.2) is 47.8 Å². The van der Waals surface area contributed by atoms with Crippen molar-refractivity contribution in [1.82, 2.24) is 9.80 Å². The fraction of sp³-hybridized carbons (Fsp3) is 0.520. The van der Waals surface area contributed by atoms with Crippen LogP contribution >= 0.6 is 0 Å². The summed E-state index contributed by atoms with van der Waals surface area (Å²) in [5.74, 6) is 1.69. The Labute approximate surface area is 179 Å². The molecule has 1 spiro atoms. The monoisotopic (exact) mass is 408 g/mol. The minimum Gasteiger partial charge on any atom is -0.456 e. The van der Waals surface area contributed by atoms with Gasteiger partial charge in [-0.15, -0.1) is 0 Å². The molecule has 0 N–H and O–H groups in total. The van der Waals surface area contributed by atoms with Crippen molar-refractivity contribution < 1.29 is 14.0 Å². The molecule has 1 aliphatic carbocycles. The Kier molecular flexibility index (Phi) is 5.72. The van der Waals surface area contributed by atoms with Gasteiger partial charge in [0.25, 0.3) is 5.91 Å². The molecule has 5 heteroatoms. The number of hydrogen-bond acceptors (Lipinski definition) is 3. The number of piperidine rings is 1. The number of hydrogen-bond donors (Lipinski definition) is 0. The van der Waals surface area contributed by atoms with E-state index in [1.807, 2.05) is 36.6 Å². The third-order valence-corrected chi connectivity index (χ3v) is 7.11. The van der Waals surface area contributed by atoms with Crippen molar-refractivity contribution in [3.8, 4) is 0 Å². The number of aryl methyl sites for hydroxylation is 1. The first-order chi connectivity index (χ1) is 14.5. The van der Waals surface area contributed by atoms with Gasteiger partial charge in [-0.25, -0.2) is 0 Å². The molecule has 1 saturated heterocycles. The van der Waals surface area contributed by atoms with Crippen molar-refractivity contribution in [2.75, 3.05) is 26.2 Å². The highest BCUT2D eigenvalue weighted by molar-refractivity contribution is 5.91. The Bertz CT molecular complexity index is 920. The highest BCUT2D eigenvalue weighted by Crippen LogP contribution is 2.52. The molecule has 2 aromatic rings. The summed E-state index contributed by atoms with van der Waals surface area (Å²) in [5, 5.41) is 0. The van der Waals surface area contributed by atoms with Crippen molar-refractivity contribution in [1.29, 1.82) is 0 Å². The van der Waals surface area contributed by atoms with Gasteiger partial charge in [-0.1, -0.05) is 24.3 Å². The van der Waals surface area contributed by atoms with E-state index in [0.717, 1.165) is 51.2 Å². The smallest absolute Gasteiger partial charge is 0.289 e. The normalized spacial score (nSPS) is 19.7. The quantitative estimate of drug-likeness (QED) is 0.732. The lowest BCUT2D eigenvalue weighted by atomic mass is 9.73. The van der Waals surface area contributed by atoms with Crippen molar-refractivity contribution in [3.63, 3.8) is 0 Å². The molecule has 1 fully saturated rings. The fourth-order valence-electron chi connectivity index (χ4n) is 5.44. The molecular weight excluding hydrogens is 376 g/mol. The largest absolute Gasteiger partial charge is 0.456 e. The number of furan rings is 1. The molecule has 0 bridgehead atoms. The molecule has 5 nitrogen and oxygen atoms in total. The molecule has 0 radical (unpaired) electrons. The second-order valence-electron chi connectivity index (χ2n) is 8.74. The molecule has 1 atom stereocenters. The van der Waals surface area contributed by atoms with E-state index in [2.05, 4.69) is 24.3 Å². The molecule has 2 amide bonds. The summed E-state index contributed by atoms with van der Waals surface area (Å²) in [7, 11) is 0. The average Bonchev–Trinajstić information content (AvgIpc) is 3.32. The van der Waals surface area contributed by atoms with Gasteiger partial charge in [0.2, 0.25) is 5.91 Å². The lowest BCUT2D eigenvalue weighted by Crippen LogP contribution is -2.44. The topological polar surface area (TPSA) is 53.8 Å². The van der Waals surface area contributed by atoms with Crippen molar-refractivity contribution >= 4 is 11.8 Å². The number of benzene rings is 1. The van der Waals surface area contributed by atoms with Gasteiger partial charge in [0.05, 0.1) is 0 Å². The fourth-order valence-corrected chi connectivity index (χ4v) is 5.44. The van der Waals surface area contributed by atoms with E-state index in [1.165, 1.54) is 11.1 Å². The zero-order valence-electron chi connectivity index (χ0n) is 18.3. The van der Waals surface area contributed by atoms with E-state index in [4.69, 9.17) is 4.42 Å². The minimum atomic E-state index is -0.0162. The van der Waals surface area contributed by atoms with Crippen molar-refractivity contribution in [2.45, 2.75) is 57.8 Å². The van der Waals surface area contributed by atoms with Crippen LogP contribution in [0, 0.1) is 6.92 Å². The molecule has 160 valence electrons. The molecule has 30 heavy (non-hydrogen) atoms. The predicted octanol–water partition coefficient (Wildman–Crippen LogP) is 4.51. The maximum Gasteiger partial charge on any atom is 0.289 e. The van der Waals surface area contributed by atoms with E-state index in [-0.39, 0.29) is 23.1 Å². The second-order valence-corrected chi connectivity index (χ2v) is 8.74. The molecule has 1 aromatic carbocycles. The van der Waals surface area contributed by atoms with Crippen LogP contribution in [0.4, 0.5) is 0 Å². The number of amides is 2. The van der Waals surface area contributed by atoms with Gasteiger partial charge < -0.3 is 14.2 Å². The number of carbonyl (C=O) groups is 2. The summed E-state index contributed by atoms with van der Waals surface area (Å²) in [5.41, 5.74) is 2.79. The van der Waals surface area contributed by atoms with Crippen LogP contribution in [0.2, 0.25) is 0 Å². The molecular formula is C25H32N2O3. The van der Waals surface area contributed by atoms with E-state index < -0.39 is 0 Å². The lowest BCUT2D eigenvalue weighted by molar-refractivity contribution is -0.131. The second kappa shape index (κ2) is 8.29. The number of nitrogens with zero attached hydrogens (tertiary/aromatic N) is 2. The van der Waals surface area contributed by atoms with Crippen LogP contribution in [0.5, 0.6) is 0 Å². The molecule has 2 aliphatic rings. The van der Waals surface area contributed by atoms with E-state index in [0.29, 0.717) is 12.2 Å². The van der Waals surface area contributed by atoms with Crippen molar-refractivity contribution in [2.24, 2.45) is 0 Å². The Hall–Kier alpha value is -2.56. The highest BCUT2D eigenvalue weighted by Gasteiger charge is 2.46. The van der Waals surface area contributed by atoms with Gasteiger partial charge in [0, 0.05) is 32.6 Å². The highest BCUT2D eigenvalue weighted by atomic mass is 16.3.